The Bertz CT molecular complexity index is 603. The van der Waals surface area contributed by atoms with Gasteiger partial charge in [0, 0.05) is 5.69 Å². The average molecular weight is 220 g/mol. The van der Waals surface area contributed by atoms with Crippen molar-refractivity contribution in [3.05, 3.63) is 53.9 Å². The van der Waals surface area contributed by atoms with Crippen LogP contribution in [0, 0.1) is 22.7 Å². The molecule has 17 heavy (non-hydrogen) atoms. The van der Waals surface area contributed by atoms with Crippen LogP contribution in [0.15, 0.2) is 42.6 Å². The Hall–Kier alpha value is -2.85. The fraction of sp³-hybridized carbons (Fsp3) is 0. The molecular weight excluding hydrogens is 212 g/mol. The fourth-order valence-electron chi connectivity index (χ4n) is 1.37. The first-order valence-electron chi connectivity index (χ1n) is 4.95. The highest BCUT2D eigenvalue weighted by Gasteiger charge is 1.97. The summed E-state index contributed by atoms with van der Waals surface area (Å²) in [6.07, 6.45) is 1.58. The number of hydrogen-bond donors (Lipinski definition) is 1. The van der Waals surface area contributed by atoms with Crippen LogP contribution >= 0.6 is 0 Å². The molecule has 4 nitrogen and oxygen atoms in total. The van der Waals surface area contributed by atoms with Crippen molar-refractivity contribution in [3.63, 3.8) is 0 Å². The van der Waals surface area contributed by atoms with Gasteiger partial charge in [0.1, 0.15) is 11.8 Å². The Kier molecular flexibility index (Phi) is 3.00. The molecule has 0 atom stereocenters. The normalized spacial score (nSPS) is 9.06. The lowest BCUT2D eigenvalue weighted by atomic mass is 10.2. The molecule has 0 unspecified atom stereocenters. The van der Waals surface area contributed by atoms with E-state index in [0.29, 0.717) is 11.3 Å². The topological polar surface area (TPSA) is 72.5 Å². The predicted molar refractivity (Wildman–Crippen MR) is 63.4 cm³/mol. The third-order valence-corrected chi connectivity index (χ3v) is 2.16. The van der Waals surface area contributed by atoms with Gasteiger partial charge in [-0.1, -0.05) is 6.07 Å². The fourth-order valence-corrected chi connectivity index (χ4v) is 1.37. The van der Waals surface area contributed by atoms with Gasteiger partial charge in [0.05, 0.1) is 23.5 Å². The molecular formula is C13H8N4. The minimum absolute atomic E-state index is 0.376. The molecule has 4 heteroatoms. The van der Waals surface area contributed by atoms with Crippen molar-refractivity contribution in [2.45, 2.75) is 0 Å². The molecule has 0 saturated carbocycles. The van der Waals surface area contributed by atoms with Gasteiger partial charge in [-0.2, -0.15) is 10.5 Å². The van der Waals surface area contributed by atoms with Crippen LogP contribution in [0.25, 0.3) is 0 Å². The summed E-state index contributed by atoms with van der Waals surface area (Å²) in [7, 11) is 0. The van der Waals surface area contributed by atoms with E-state index in [9.17, 15) is 0 Å². The third kappa shape index (κ3) is 2.58. The van der Waals surface area contributed by atoms with Crippen molar-refractivity contribution in [1.29, 1.82) is 10.5 Å². The van der Waals surface area contributed by atoms with Crippen molar-refractivity contribution in [2.24, 2.45) is 0 Å². The van der Waals surface area contributed by atoms with Gasteiger partial charge < -0.3 is 5.32 Å². The molecule has 1 N–H and O–H groups in total. The van der Waals surface area contributed by atoms with Crippen LogP contribution in [0.3, 0.4) is 0 Å². The van der Waals surface area contributed by atoms with Crippen LogP contribution in [0.4, 0.5) is 11.4 Å². The number of aromatic nitrogens is 1. The van der Waals surface area contributed by atoms with Gasteiger partial charge in [0.2, 0.25) is 0 Å². The van der Waals surface area contributed by atoms with E-state index in [2.05, 4.69) is 16.4 Å². The number of nitriles is 2. The number of rotatable bonds is 2. The van der Waals surface area contributed by atoms with Crippen LogP contribution in [0.5, 0.6) is 0 Å². The van der Waals surface area contributed by atoms with E-state index in [4.69, 9.17) is 10.5 Å². The molecule has 1 aromatic carbocycles. The minimum Gasteiger partial charge on any atom is -0.354 e. The molecule has 0 aliphatic carbocycles. The molecule has 80 valence electrons. The number of anilines is 2. The van der Waals surface area contributed by atoms with E-state index in [0.717, 1.165) is 11.4 Å². The van der Waals surface area contributed by atoms with Gasteiger partial charge >= 0.3 is 0 Å². The van der Waals surface area contributed by atoms with Crippen molar-refractivity contribution < 1.29 is 0 Å². The van der Waals surface area contributed by atoms with Crippen LogP contribution in [0.2, 0.25) is 0 Å². The van der Waals surface area contributed by atoms with Crippen molar-refractivity contribution >= 4 is 11.4 Å². The number of nitrogens with zero attached hydrogens (tertiary/aromatic N) is 3. The summed E-state index contributed by atoms with van der Waals surface area (Å²) >= 11 is 0. The Labute approximate surface area is 98.8 Å². The Morgan fingerprint density at radius 3 is 2.53 bits per heavy atom. The van der Waals surface area contributed by atoms with Gasteiger partial charge in [-0.3, -0.25) is 0 Å². The summed E-state index contributed by atoms with van der Waals surface area (Å²) in [6, 6.07) is 14.6. The van der Waals surface area contributed by atoms with Gasteiger partial charge in [-0.05, 0) is 30.3 Å². The van der Waals surface area contributed by atoms with E-state index < -0.39 is 0 Å². The van der Waals surface area contributed by atoms with Gasteiger partial charge in [0.25, 0.3) is 0 Å². The summed E-state index contributed by atoms with van der Waals surface area (Å²) in [5.74, 6) is 0. The number of benzene rings is 1. The highest BCUT2D eigenvalue weighted by atomic mass is 14.9. The van der Waals surface area contributed by atoms with Crippen LogP contribution in [-0.4, -0.2) is 4.98 Å². The lowest BCUT2D eigenvalue weighted by molar-refractivity contribution is 1.26. The van der Waals surface area contributed by atoms with Crippen molar-refractivity contribution in [1.82, 2.24) is 4.98 Å². The summed E-state index contributed by atoms with van der Waals surface area (Å²) in [6.45, 7) is 0. The maximum absolute atomic E-state index is 8.77. The zero-order valence-electron chi connectivity index (χ0n) is 8.88. The highest BCUT2D eigenvalue weighted by molar-refractivity contribution is 5.60. The summed E-state index contributed by atoms with van der Waals surface area (Å²) in [5.41, 5.74) is 2.56. The van der Waals surface area contributed by atoms with Crippen LogP contribution in [-0.2, 0) is 0 Å². The van der Waals surface area contributed by atoms with Gasteiger partial charge in [-0.15, -0.1) is 0 Å². The van der Waals surface area contributed by atoms with Gasteiger partial charge in [0.15, 0.2) is 0 Å². The first kappa shape index (κ1) is 10.7. The van der Waals surface area contributed by atoms with Crippen molar-refractivity contribution in [2.75, 3.05) is 5.32 Å². The molecule has 0 amide bonds. The van der Waals surface area contributed by atoms with Crippen LogP contribution < -0.4 is 5.32 Å². The predicted octanol–water partition coefficient (Wildman–Crippen LogP) is 2.57. The van der Waals surface area contributed by atoms with E-state index in [1.54, 1.807) is 36.5 Å². The lowest BCUT2D eigenvalue weighted by Crippen LogP contribution is -1.92. The molecule has 0 radical (unpaired) electrons. The SMILES string of the molecule is N#Cc1cccc(Nc2ccc(C#N)nc2)c1. The smallest absolute Gasteiger partial charge is 0.140 e. The minimum atomic E-state index is 0.376. The first-order valence-corrected chi connectivity index (χ1v) is 4.95. The second-order valence-electron chi connectivity index (χ2n) is 3.36. The van der Waals surface area contributed by atoms with Crippen LogP contribution in [0.1, 0.15) is 11.3 Å². The first-order chi connectivity index (χ1) is 8.31. The zero-order valence-corrected chi connectivity index (χ0v) is 8.88. The van der Waals surface area contributed by atoms with Gasteiger partial charge in [-0.25, -0.2) is 4.98 Å². The molecule has 0 bridgehead atoms. The molecule has 2 aromatic rings. The molecule has 0 aliphatic rings. The quantitative estimate of drug-likeness (QED) is 0.844. The van der Waals surface area contributed by atoms with E-state index in [1.807, 2.05) is 12.1 Å². The molecule has 1 aromatic heterocycles. The Balaban J connectivity index is 2.20. The lowest BCUT2D eigenvalue weighted by Gasteiger charge is -2.05. The summed E-state index contributed by atoms with van der Waals surface area (Å²) in [4.78, 5) is 3.95. The second kappa shape index (κ2) is 4.78. The summed E-state index contributed by atoms with van der Waals surface area (Å²) in [5, 5.41) is 20.5. The molecule has 0 saturated heterocycles. The molecule has 2 rings (SSSR count). The molecule has 0 spiro atoms. The third-order valence-electron chi connectivity index (χ3n) is 2.16. The number of nitrogens with one attached hydrogen (secondary N) is 1. The van der Waals surface area contributed by atoms with E-state index in [-0.39, 0.29) is 0 Å². The van der Waals surface area contributed by atoms with E-state index in [1.165, 1.54) is 0 Å². The number of hydrogen-bond acceptors (Lipinski definition) is 4. The number of pyridine rings is 1. The molecule has 0 aliphatic heterocycles. The maximum Gasteiger partial charge on any atom is 0.140 e. The Morgan fingerprint density at radius 2 is 1.88 bits per heavy atom. The maximum atomic E-state index is 8.77. The zero-order chi connectivity index (χ0) is 12.1. The largest absolute Gasteiger partial charge is 0.354 e. The molecule has 0 fully saturated rings. The Morgan fingerprint density at radius 1 is 1.00 bits per heavy atom. The summed E-state index contributed by atoms with van der Waals surface area (Å²) < 4.78 is 0. The highest BCUT2D eigenvalue weighted by Crippen LogP contribution is 2.16. The monoisotopic (exact) mass is 220 g/mol. The standard InChI is InChI=1S/C13H8N4/c14-7-10-2-1-3-11(6-10)17-13-5-4-12(8-15)16-9-13/h1-6,9,17H. The second-order valence-corrected chi connectivity index (χ2v) is 3.36. The van der Waals surface area contributed by atoms with E-state index >= 15 is 0 Å². The van der Waals surface area contributed by atoms with Crippen molar-refractivity contribution in [3.8, 4) is 12.1 Å². The molecule has 1 heterocycles. The average Bonchev–Trinajstić information content (AvgIpc) is 2.40.